The van der Waals surface area contributed by atoms with E-state index in [2.05, 4.69) is 62.5 Å². The van der Waals surface area contributed by atoms with E-state index in [1.165, 1.54) is 11.1 Å². The second-order valence-electron chi connectivity index (χ2n) is 6.51. The molecule has 0 saturated heterocycles. The molecule has 0 fully saturated rings. The van der Waals surface area contributed by atoms with Crippen molar-refractivity contribution in [2.24, 2.45) is 0 Å². The van der Waals surface area contributed by atoms with Crippen molar-refractivity contribution in [1.29, 1.82) is 0 Å². The van der Waals surface area contributed by atoms with Gasteiger partial charge in [0, 0.05) is 18.2 Å². The zero-order chi connectivity index (χ0) is 17.6. The van der Waals surface area contributed by atoms with Crippen molar-refractivity contribution in [3.8, 4) is 11.3 Å². The fourth-order valence-corrected chi connectivity index (χ4v) is 2.75. The van der Waals surface area contributed by atoms with Gasteiger partial charge in [0.25, 0.3) is 0 Å². The van der Waals surface area contributed by atoms with Crippen LogP contribution in [0.1, 0.15) is 37.1 Å². The van der Waals surface area contributed by atoms with Crippen molar-refractivity contribution in [2.75, 3.05) is 0 Å². The first-order valence-electron chi connectivity index (χ1n) is 8.94. The van der Waals surface area contributed by atoms with Crippen LogP contribution in [0, 0.1) is 6.92 Å². The lowest BCUT2D eigenvalue weighted by Gasteiger charge is -2.10. The number of nitrogens with zero attached hydrogens (tertiary/aromatic N) is 3. The smallest absolute Gasteiger partial charge is 0.117 e. The van der Waals surface area contributed by atoms with Gasteiger partial charge in [-0.3, -0.25) is 0 Å². The van der Waals surface area contributed by atoms with Crippen molar-refractivity contribution in [3.63, 3.8) is 0 Å². The fourth-order valence-electron chi connectivity index (χ4n) is 2.75. The quantitative estimate of drug-likeness (QED) is 0.704. The fraction of sp³-hybridized carbons (Fsp3) is 0.333. The van der Waals surface area contributed by atoms with E-state index in [9.17, 15) is 0 Å². The van der Waals surface area contributed by atoms with Crippen LogP contribution in [-0.2, 0) is 13.1 Å². The van der Waals surface area contributed by atoms with Gasteiger partial charge in [0.1, 0.15) is 11.4 Å². The van der Waals surface area contributed by atoms with Crippen LogP contribution in [-0.4, -0.2) is 21.0 Å². The van der Waals surface area contributed by atoms with Crippen LogP contribution in [0.4, 0.5) is 0 Å². The van der Waals surface area contributed by atoms with Crippen LogP contribution in [0.5, 0.6) is 0 Å². The molecule has 0 aliphatic heterocycles. The number of hydrogen-bond acceptors (Lipinski definition) is 3. The van der Waals surface area contributed by atoms with Crippen LogP contribution in [0.2, 0.25) is 0 Å². The van der Waals surface area contributed by atoms with Gasteiger partial charge in [-0.2, -0.15) is 15.0 Å². The molecular weight excluding hydrogens is 308 g/mol. The molecule has 130 valence electrons. The van der Waals surface area contributed by atoms with Crippen LogP contribution >= 0.6 is 0 Å². The zero-order valence-electron chi connectivity index (χ0n) is 15.2. The first-order valence-corrected chi connectivity index (χ1v) is 8.94. The standard InChI is InChI=1S/C21H26N4/c1-4-17(3)22-14-20-21(18-11-6-5-7-12-18)24-25(23-20)15-19-13-9-8-10-16(19)2/h5-13,17,22H,4,14-15H2,1-3H3/t17-/m1/s1. The van der Waals surface area contributed by atoms with E-state index in [4.69, 9.17) is 10.2 Å². The van der Waals surface area contributed by atoms with E-state index in [1.807, 2.05) is 23.0 Å². The molecule has 1 atom stereocenters. The third-order valence-corrected chi connectivity index (χ3v) is 4.58. The maximum atomic E-state index is 4.79. The Balaban J connectivity index is 1.90. The number of benzene rings is 2. The van der Waals surface area contributed by atoms with Gasteiger partial charge in [0.2, 0.25) is 0 Å². The lowest BCUT2D eigenvalue weighted by atomic mass is 10.1. The summed E-state index contributed by atoms with van der Waals surface area (Å²) in [6.07, 6.45) is 1.10. The van der Waals surface area contributed by atoms with Gasteiger partial charge in [-0.25, -0.2) is 0 Å². The highest BCUT2D eigenvalue weighted by Gasteiger charge is 2.14. The first kappa shape index (κ1) is 17.4. The molecule has 4 heteroatoms. The average Bonchev–Trinajstić information content (AvgIpc) is 3.05. The van der Waals surface area contributed by atoms with E-state index in [0.29, 0.717) is 12.6 Å². The predicted molar refractivity (Wildman–Crippen MR) is 102 cm³/mol. The molecule has 0 bridgehead atoms. The summed E-state index contributed by atoms with van der Waals surface area (Å²) in [6.45, 7) is 7.93. The molecule has 0 spiro atoms. The minimum absolute atomic E-state index is 0.463. The molecule has 0 radical (unpaired) electrons. The monoisotopic (exact) mass is 334 g/mol. The number of nitrogens with one attached hydrogen (secondary N) is 1. The normalized spacial score (nSPS) is 12.3. The van der Waals surface area contributed by atoms with E-state index in [1.54, 1.807) is 0 Å². The van der Waals surface area contributed by atoms with Gasteiger partial charge in [-0.1, -0.05) is 61.5 Å². The molecule has 0 unspecified atom stereocenters. The topological polar surface area (TPSA) is 42.7 Å². The predicted octanol–water partition coefficient (Wildman–Crippen LogP) is 4.19. The van der Waals surface area contributed by atoms with Crippen molar-refractivity contribution < 1.29 is 0 Å². The number of rotatable bonds is 7. The lowest BCUT2D eigenvalue weighted by Crippen LogP contribution is -2.25. The summed E-state index contributed by atoms with van der Waals surface area (Å²) >= 11 is 0. The molecule has 25 heavy (non-hydrogen) atoms. The summed E-state index contributed by atoms with van der Waals surface area (Å²) in [5.74, 6) is 0. The number of hydrogen-bond donors (Lipinski definition) is 1. The minimum atomic E-state index is 0.463. The summed E-state index contributed by atoms with van der Waals surface area (Å²) in [7, 11) is 0. The Morgan fingerprint density at radius 1 is 1.00 bits per heavy atom. The van der Waals surface area contributed by atoms with Crippen molar-refractivity contribution in [3.05, 3.63) is 71.4 Å². The van der Waals surface area contributed by atoms with Gasteiger partial charge >= 0.3 is 0 Å². The maximum Gasteiger partial charge on any atom is 0.117 e. The van der Waals surface area contributed by atoms with Gasteiger partial charge in [0.15, 0.2) is 0 Å². The van der Waals surface area contributed by atoms with E-state index in [0.717, 1.165) is 29.9 Å². The SMILES string of the molecule is CC[C@@H](C)NCc1nn(Cc2ccccc2C)nc1-c1ccccc1. The minimum Gasteiger partial charge on any atom is -0.309 e. The second kappa shape index (κ2) is 8.08. The summed E-state index contributed by atoms with van der Waals surface area (Å²) in [5.41, 5.74) is 5.59. The Morgan fingerprint density at radius 2 is 1.72 bits per heavy atom. The molecule has 1 N–H and O–H groups in total. The Labute approximate surface area is 149 Å². The summed E-state index contributed by atoms with van der Waals surface area (Å²) in [4.78, 5) is 1.82. The van der Waals surface area contributed by atoms with Crippen LogP contribution in [0.3, 0.4) is 0 Å². The summed E-state index contributed by atoms with van der Waals surface area (Å²) < 4.78 is 0. The molecule has 0 saturated carbocycles. The van der Waals surface area contributed by atoms with E-state index in [-0.39, 0.29) is 0 Å². The third kappa shape index (κ3) is 4.34. The molecule has 1 aromatic heterocycles. The second-order valence-corrected chi connectivity index (χ2v) is 6.51. The van der Waals surface area contributed by atoms with Crippen molar-refractivity contribution >= 4 is 0 Å². The lowest BCUT2D eigenvalue weighted by molar-refractivity contribution is 0.519. The van der Waals surface area contributed by atoms with Crippen LogP contribution < -0.4 is 5.32 Å². The Morgan fingerprint density at radius 3 is 2.44 bits per heavy atom. The van der Waals surface area contributed by atoms with Crippen molar-refractivity contribution in [1.82, 2.24) is 20.3 Å². The van der Waals surface area contributed by atoms with E-state index < -0.39 is 0 Å². The Bertz CT molecular complexity index is 808. The average molecular weight is 334 g/mol. The molecule has 3 aromatic rings. The highest BCUT2D eigenvalue weighted by atomic mass is 15.5. The van der Waals surface area contributed by atoms with E-state index >= 15 is 0 Å². The maximum absolute atomic E-state index is 4.79. The molecule has 1 heterocycles. The van der Waals surface area contributed by atoms with Gasteiger partial charge in [-0.15, -0.1) is 0 Å². The largest absolute Gasteiger partial charge is 0.309 e. The molecular formula is C21H26N4. The van der Waals surface area contributed by atoms with Crippen LogP contribution in [0.15, 0.2) is 54.6 Å². The summed E-state index contributed by atoms with van der Waals surface area (Å²) in [5, 5.41) is 13.1. The van der Waals surface area contributed by atoms with Crippen molar-refractivity contribution in [2.45, 2.75) is 46.3 Å². The molecule has 2 aromatic carbocycles. The number of aromatic nitrogens is 3. The molecule has 3 rings (SSSR count). The summed E-state index contributed by atoms with van der Waals surface area (Å²) in [6, 6.07) is 19.2. The number of aryl methyl sites for hydroxylation is 1. The molecule has 0 amide bonds. The van der Waals surface area contributed by atoms with Crippen LogP contribution in [0.25, 0.3) is 11.3 Å². The van der Waals surface area contributed by atoms with Gasteiger partial charge in [0.05, 0.1) is 6.54 Å². The van der Waals surface area contributed by atoms with Gasteiger partial charge < -0.3 is 5.32 Å². The molecule has 0 aliphatic carbocycles. The molecule has 0 aliphatic rings. The third-order valence-electron chi connectivity index (χ3n) is 4.58. The highest BCUT2D eigenvalue weighted by Crippen LogP contribution is 2.21. The van der Waals surface area contributed by atoms with Gasteiger partial charge in [-0.05, 0) is 31.4 Å². The zero-order valence-corrected chi connectivity index (χ0v) is 15.2. The Hall–Kier alpha value is -2.46. The Kier molecular flexibility index (Phi) is 5.61. The first-order chi connectivity index (χ1) is 12.2. The molecule has 4 nitrogen and oxygen atoms in total. The highest BCUT2D eigenvalue weighted by molar-refractivity contribution is 5.60.